The molecule has 0 radical (unpaired) electrons. The molecule has 186 valence electrons. The second kappa shape index (κ2) is 9.02. The number of fused-ring (bicyclic) bond motifs is 1. The van der Waals surface area contributed by atoms with Gasteiger partial charge in [0.1, 0.15) is 5.82 Å². The lowest BCUT2D eigenvalue weighted by Gasteiger charge is -2.28. The first-order valence-electron chi connectivity index (χ1n) is 11.5. The van der Waals surface area contributed by atoms with Crippen LogP contribution in [0.5, 0.6) is 0 Å². The number of benzene rings is 2. The Morgan fingerprint density at radius 1 is 0.917 bits per heavy atom. The topological polar surface area (TPSA) is 82.9 Å². The van der Waals surface area contributed by atoms with Crippen molar-refractivity contribution < 1.29 is 17.6 Å². The molecule has 1 saturated carbocycles. The van der Waals surface area contributed by atoms with E-state index < -0.39 is 28.8 Å². The first-order valence-corrected chi connectivity index (χ1v) is 11.5. The Morgan fingerprint density at radius 2 is 1.61 bits per heavy atom. The Labute approximate surface area is 202 Å². The standard InChI is InChI=1S/C26H22F4N4O2/c27-18-13-22-23(32-14-18)33(25(36)34(24(22)35)20-10-8-19(31)9-11-20)21-3-1-2-16(12-21)15-4-6-17(7-5-15)26(28,29)30/h1-7,12-14,19-20H,8-11,31H2. The zero-order valence-electron chi connectivity index (χ0n) is 19.0. The van der Waals surface area contributed by atoms with Crippen LogP contribution < -0.4 is 17.0 Å². The molecule has 2 aromatic heterocycles. The number of hydrogen-bond donors (Lipinski definition) is 1. The third-order valence-electron chi connectivity index (χ3n) is 6.65. The summed E-state index contributed by atoms with van der Waals surface area (Å²) < 4.78 is 55.4. The second-order valence-electron chi connectivity index (χ2n) is 9.01. The highest BCUT2D eigenvalue weighted by molar-refractivity contribution is 5.76. The highest BCUT2D eigenvalue weighted by Crippen LogP contribution is 2.32. The Morgan fingerprint density at radius 3 is 2.28 bits per heavy atom. The molecule has 0 aliphatic heterocycles. The molecule has 4 aromatic rings. The average molecular weight is 498 g/mol. The Balaban J connectivity index is 1.68. The van der Waals surface area contributed by atoms with Crippen LogP contribution in [0.4, 0.5) is 17.6 Å². The van der Waals surface area contributed by atoms with Crippen molar-refractivity contribution in [2.24, 2.45) is 5.73 Å². The van der Waals surface area contributed by atoms with Crippen LogP contribution in [0.2, 0.25) is 0 Å². The number of aromatic nitrogens is 3. The molecule has 0 saturated heterocycles. The van der Waals surface area contributed by atoms with Crippen molar-refractivity contribution in [3.05, 3.63) is 93.0 Å². The van der Waals surface area contributed by atoms with Gasteiger partial charge in [0.25, 0.3) is 5.56 Å². The van der Waals surface area contributed by atoms with E-state index in [1.807, 2.05) is 0 Å². The van der Waals surface area contributed by atoms with Crippen LogP contribution in [0, 0.1) is 5.82 Å². The summed E-state index contributed by atoms with van der Waals surface area (Å²) in [5.74, 6) is -0.708. The van der Waals surface area contributed by atoms with E-state index in [2.05, 4.69) is 4.98 Å². The minimum Gasteiger partial charge on any atom is -0.328 e. The number of halogens is 4. The predicted octanol–water partition coefficient (Wildman–Crippen LogP) is 4.81. The maximum Gasteiger partial charge on any atom is 0.416 e. The van der Waals surface area contributed by atoms with E-state index in [1.165, 1.54) is 16.7 Å². The van der Waals surface area contributed by atoms with Crippen LogP contribution in [-0.4, -0.2) is 20.2 Å². The second-order valence-corrected chi connectivity index (χ2v) is 9.01. The molecule has 1 fully saturated rings. The number of rotatable bonds is 3. The molecular weight excluding hydrogens is 476 g/mol. The maximum atomic E-state index is 14.1. The summed E-state index contributed by atoms with van der Waals surface area (Å²) in [6.45, 7) is 0. The average Bonchev–Trinajstić information content (AvgIpc) is 2.85. The van der Waals surface area contributed by atoms with Crippen LogP contribution in [0.1, 0.15) is 37.3 Å². The fourth-order valence-corrected chi connectivity index (χ4v) is 4.77. The molecule has 10 heteroatoms. The van der Waals surface area contributed by atoms with Gasteiger partial charge in [0, 0.05) is 12.1 Å². The molecule has 2 heterocycles. The van der Waals surface area contributed by atoms with Crippen LogP contribution >= 0.6 is 0 Å². The van der Waals surface area contributed by atoms with Crippen molar-refractivity contribution in [3.63, 3.8) is 0 Å². The summed E-state index contributed by atoms with van der Waals surface area (Å²) in [6, 6.07) is 12.0. The molecule has 0 atom stereocenters. The Hall–Kier alpha value is -3.79. The van der Waals surface area contributed by atoms with E-state index in [9.17, 15) is 27.2 Å². The molecular formula is C26H22F4N4O2. The van der Waals surface area contributed by atoms with Gasteiger partial charge in [-0.05, 0) is 67.1 Å². The Kier molecular flexibility index (Phi) is 5.99. The largest absolute Gasteiger partial charge is 0.416 e. The molecule has 0 bridgehead atoms. The highest BCUT2D eigenvalue weighted by Gasteiger charge is 2.30. The van der Waals surface area contributed by atoms with Gasteiger partial charge >= 0.3 is 11.9 Å². The normalized spacial score (nSPS) is 18.5. The van der Waals surface area contributed by atoms with E-state index in [0.29, 0.717) is 42.5 Å². The molecule has 6 nitrogen and oxygen atoms in total. The van der Waals surface area contributed by atoms with E-state index >= 15 is 0 Å². The van der Waals surface area contributed by atoms with Crippen molar-refractivity contribution in [1.82, 2.24) is 14.1 Å². The summed E-state index contributed by atoms with van der Waals surface area (Å²) in [4.78, 5) is 31.0. The van der Waals surface area contributed by atoms with Gasteiger partial charge < -0.3 is 5.73 Å². The molecule has 5 rings (SSSR count). The number of pyridine rings is 1. The smallest absolute Gasteiger partial charge is 0.328 e. The van der Waals surface area contributed by atoms with E-state index in [0.717, 1.165) is 29.0 Å². The summed E-state index contributed by atoms with van der Waals surface area (Å²) in [5, 5.41) is -0.0376. The number of nitrogens with zero attached hydrogens (tertiary/aromatic N) is 3. The lowest BCUT2D eigenvalue weighted by atomic mass is 9.91. The van der Waals surface area contributed by atoms with Crippen LogP contribution in [0.25, 0.3) is 27.8 Å². The van der Waals surface area contributed by atoms with E-state index in [-0.39, 0.29) is 23.1 Å². The van der Waals surface area contributed by atoms with Crippen molar-refractivity contribution >= 4 is 11.0 Å². The number of hydrogen-bond acceptors (Lipinski definition) is 4. The molecule has 36 heavy (non-hydrogen) atoms. The van der Waals surface area contributed by atoms with Gasteiger partial charge in [0.2, 0.25) is 0 Å². The third kappa shape index (κ3) is 4.32. The van der Waals surface area contributed by atoms with E-state index in [1.54, 1.807) is 24.3 Å². The molecule has 0 spiro atoms. The molecule has 0 unspecified atom stereocenters. The van der Waals surface area contributed by atoms with E-state index in [4.69, 9.17) is 5.73 Å². The molecule has 1 aliphatic carbocycles. The maximum absolute atomic E-state index is 14.1. The van der Waals surface area contributed by atoms with Crippen LogP contribution in [0.3, 0.4) is 0 Å². The Bertz CT molecular complexity index is 1550. The summed E-state index contributed by atoms with van der Waals surface area (Å²) in [7, 11) is 0. The van der Waals surface area contributed by atoms with Crippen molar-refractivity contribution in [2.75, 3.05) is 0 Å². The fourth-order valence-electron chi connectivity index (χ4n) is 4.77. The van der Waals surface area contributed by atoms with Crippen molar-refractivity contribution in [2.45, 2.75) is 43.9 Å². The third-order valence-corrected chi connectivity index (χ3v) is 6.65. The van der Waals surface area contributed by atoms with Crippen LogP contribution in [-0.2, 0) is 6.18 Å². The summed E-state index contributed by atoms with van der Waals surface area (Å²) >= 11 is 0. The molecule has 0 amide bonds. The zero-order valence-corrected chi connectivity index (χ0v) is 19.0. The van der Waals surface area contributed by atoms with Gasteiger partial charge in [-0.25, -0.2) is 18.7 Å². The van der Waals surface area contributed by atoms with Crippen molar-refractivity contribution in [3.8, 4) is 16.8 Å². The first kappa shape index (κ1) is 23.9. The first-order chi connectivity index (χ1) is 17.1. The van der Waals surface area contributed by atoms with Gasteiger partial charge in [0.15, 0.2) is 5.65 Å². The lowest BCUT2D eigenvalue weighted by Crippen LogP contribution is -2.44. The SMILES string of the molecule is NC1CCC(n2c(=O)c3cc(F)cnc3n(-c3cccc(-c4ccc(C(F)(F)F)cc4)c3)c2=O)CC1. The summed E-state index contributed by atoms with van der Waals surface area (Å²) in [6.07, 6.45) is -1.14. The minimum atomic E-state index is -4.45. The zero-order chi connectivity index (χ0) is 25.6. The monoisotopic (exact) mass is 498 g/mol. The van der Waals surface area contributed by atoms with Gasteiger partial charge in [-0.2, -0.15) is 13.2 Å². The van der Waals surface area contributed by atoms with Gasteiger partial charge in [-0.15, -0.1) is 0 Å². The van der Waals surface area contributed by atoms with Crippen LogP contribution in [0.15, 0.2) is 70.4 Å². The van der Waals surface area contributed by atoms with Gasteiger partial charge in [0.05, 0.1) is 22.8 Å². The molecule has 1 aliphatic rings. The molecule has 2 aromatic carbocycles. The van der Waals surface area contributed by atoms with Gasteiger partial charge in [-0.1, -0.05) is 24.3 Å². The van der Waals surface area contributed by atoms with Gasteiger partial charge in [-0.3, -0.25) is 9.36 Å². The number of nitrogens with two attached hydrogens (primary N) is 1. The predicted molar refractivity (Wildman–Crippen MR) is 127 cm³/mol. The quantitative estimate of drug-likeness (QED) is 0.411. The molecule has 2 N–H and O–H groups in total. The fraction of sp³-hybridized carbons (Fsp3) is 0.269. The highest BCUT2D eigenvalue weighted by atomic mass is 19.4. The number of alkyl halides is 3. The summed E-state index contributed by atoms with van der Waals surface area (Å²) in [5.41, 5.74) is 5.42. The minimum absolute atomic E-state index is 0.000250. The van der Waals surface area contributed by atoms with Crippen molar-refractivity contribution in [1.29, 1.82) is 0 Å². The lowest BCUT2D eigenvalue weighted by molar-refractivity contribution is -0.137.